The van der Waals surface area contributed by atoms with Gasteiger partial charge in [0.05, 0.1) is 6.54 Å². The summed E-state index contributed by atoms with van der Waals surface area (Å²) in [5.41, 5.74) is 3.80. The minimum atomic E-state index is 0.672. The van der Waals surface area contributed by atoms with E-state index >= 15 is 0 Å². The lowest BCUT2D eigenvalue weighted by molar-refractivity contribution is 0.152. The zero-order valence-electron chi connectivity index (χ0n) is 17.9. The number of aromatic nitrogens is 1. The summed E-state index contributed by atoms with van der Waals surface area (Å²) in [6, 6.07) is 15.4. The van der Waals surface area contributed by atoms with Gasteiger partial charge in [-0.3, -0.25) is 9.88 Å². The van der Waals surface area contributed by atoms with Gasteiger partial charge in [-0.05, 0) is 56.5 Å². The summed E-state index contributed by atoms with van der Waals surface area (Å²) in [5, 5.41) is 6.79. The molecule has 1 aromatic heterocycles. The fraction of sp³-hybridized carbons (Fsp3) is 0.500. The Balaban J connectivity index is 1.59. The molecule has 0 amide bonds. The lowest BCUT2D eigenvalue weighted by Crippen LogP contribution is -2.38. The SMILES string of the molecule is CCNC(=NCc1ccccc1CN1CCCCC1C)NCCc1ccccn1. The number of aliphatic imine (C=N–C) groups is 1. The highest BCUT2D eigenvalue weighted by atomic mass is 15.2. The van der Waals surface area contributed by atoms with E-state index in [9.17, 15) is 0 Å². The Morgan fingerprint density at radius 1 is 1.10 bits per heavy atom. The summed E-state index contributed by atoms with van der Waals surface area (Å²) in [7, 11) is 0. The van der Waals surface area contributed by atoms with Crippen LogP contribution in [-0.2, 0) is 19.5 Å². The average Bonchev–Trinajstić information content (AvgIpc) is 2.75. The zero-order valence-corrected chi connectivity index (χ0v) is 17.9. The fourth-order valence-corrected chi connectivity index (χ4v) is 3.84. The van der Waals surface area contributed by atoms with Crippen molar-refractivity contribution in [3.63, 3.8) is 0 Å². The number of pyridine rings is 1. The smallest absolute Gasteiger partial charge is 0.191 e. The first kappa shape index (κ1) is 21.3. The van der Waals surface area contributed by atoms with Gasteiger partial charge in [0, 0.05) is 44.0 Å². The van der Waals surface area contributed by atoms with Crippen molar-refractivity contribution in [1.82, 2.24) is 20.5 Å². The Morgan fingerprint density at radius 2 is 1.93 bits per heavy atom. The highest BCUT2D eigenvalue weighted by molar-refractivity contribution is 5.79. The van der Waals surface area contributed by atoms with Crippen LogP contribution in [0.3, 0.4) is 0 Å². The Hall–Kier alpha value is -2.40. The summed E-state index contributed by atoms with van der Waals surface area (Å²) in [6.07, 6.45) is 6.71. The van der Waals surface area contributed by atoms with Gasteiger partial charge >= 0.3 is 0 Å². The molecule has 0 radical (unpaired) electrons. The van der Waals surface area contributed by atoms with E-state index in [1.54, 1.807) is 0 Å². The van der Waals surface area contributed by atoms with Gasteiger partial charge in [0.25, 0.3) is 0 Å². The van der Waals surface area contributed by atoms with Gasteiger partial charge < -0.3 is 10.6 Å². The summed E-state index contributed by atoms with van der Waals surface area (Å²) in [5.74, 6) is 0.865. The van der Waals surface area contributed by atoms with Crippen molar-refractivity contribution in [2.75, 3.05) is 19.6 Å². The van der Waals surface area contributed by atoms with E-state index in [1.165, 1.54) is 36.9 Å². The van der Waals surface area contributed by atoms with Crippen molar-refractivity contribution in [3.8, 4) is 0 Å². The van der Waals surface area contributed by atoms with Gasteiger partial charge in [0.15, 0.2) is 5.96 Å². The first-order valence-corrected chi connectivity index (χ1v) is 11.0. The summed E-state index contributed by atoms with van der Waals surface area (Å²) in [4.78, 5) is 11.8. The molecule has 0 saturated carbocycles. The minimum Gasteiger partial charge on any atom is -0.357 e. The number of hydrogen-bond acceptors (Lipinski definition) is 3. The normalized spacial score (nSPS) is 17.9. The third-order valence-electron chi connectivity index (χ3n) is 5.58. The third kappa shape index (κ3) is 6.86. The minimum absolute atomic E-state index is 0.672. The van der Waals surface area contributed by atoms with Crippen LogP contribution >= 0.6 is 0 Å². The van der Waals surface area contributed by atoms with E-state index < -0.39 is 0 Å². The van der Waals surface area contributed by atoms with Crippen molar-refractivity contribution in [2.24, 2.45) is 4.99 Å². The molecule has 1 saturated heterocycles. The van der Waals surface area contributed by atoms with Crippen LogP contribution in [0.4, 0.5) is 0 Å². The number of piperidine rings is 1. The Kier molecular flexibility index (Phi) is 8.50. The summed E-state index contributed by atoms with van der Waals surface area (Å²) < 4.78 is 0. The maximum atomic E-state index is 4.84. The lowest BCUT2D eigenvalue weighted by Gasteiger charge is -2.33. The molecule has 156 valence electrons. The van der Waals surface area contributed by atoms with Gasteiger partial charge in [0.2, 0.25) is 0 Å². The number of guanidine groups is 1. The van der Waals surface area contributed by atoms with E-state index in [4.69, 9.17) is 4.99 Å². The molecule has 2 N–H and O–H groups in total. The molecule has 0 spiro atoms. The van der Waals surface area contributed by atoms with E-state index in [-0.39, 0.29) is 0 Å². The highest BCUT2D eigenvalue weighted by Crippen LogP contribution is 2.21. The van der Waals surface area contributed by atoms with Crippen LogP contribution in [0.2, 0.25) is 0 Å². The number of likely N-dealkylation sites (tertiary alicyclic amines) is 1. The number of hydrogen-bond donors (Lipinski definition) is 2. The van der Waals surface area contributed by atoms with Crippen LogP contribution in [0.25, 0.3) is 0 Å². The monoisotopic (exact) mass is 393 g/mol. The Bertz CT molecular complexity index is 759. The Morgan fingerprint density at radius 3 is 2.69 bits per heavy atom. The Labute approximate surface area is 175 Å². The fourth-order valence-electron chi connectivity index (χ4n) is 3.84. The largest absolute Gasteiger partial charge is 0.357 e. The molecule has 5 nitrogen and oxygen atoms in total. The molecule has 1 aromatic carbocycles. The second-order valence-electron chi connectivity index (χ2n) is 7.78. The molecule has 1 fully saturated rings. The molecule has 2 heterocycles. The molecular formula is C24H35N5. The number of nitrogens with one attached hydrogen (secondary N) is 2. The highest BCUT2D eigenvalue weighted by Gasteiger charge is 2.19. The molecule has 3 rings (SSSR count). The predicted octanol–water partition coefficient (Wildman–Crippen LogP) is 3.75. The lowest BCUT2D eigenvalue weighted by atomic mass is 10.0. The predicted molar refractivity (Wildman–Crippen MR) is 121 cm³/mol. The van der Waals surface area contributed by atoms with Gasteiger partial charge in [-0.1, -0.05) is 36.8 Å². The molecule has 1 unspecified atom stereocenters. The van der Waals surface area contributed by atoms with Crippen LogP contribution in [0.5, 0.6) is 0 Å². The van der Waals surface area contributed by atoms with Crippen LogP contribution in [0, 0.1) is 0 Å². The van der Waals surface area contributed by atoms with Crippen molar-refractivity contribution >= 4 is 5.96 Å². The van der Waals surface area contributed by atoms with Gasteiger partial charge in [-0.2, -0.15) is 0 Å². The van der Waals surface area contributed by atoms with Gasteiger partial charge in [0.1, 0.15) is 0 Å². The maximum Gasteiger partial charge on any atom is 0.191 e. The van der Waals surface area contributed by atoms with Crippen molar-refractivity contribution < 1.29 is 0 Å². The number of rotatable bonds is 8. The van der Waals surface area contributed by atoms with Gasteiger partial charge in [-0.15, -0.1) is 0 Å². The second-order valence-corrected chi connectivity index (χ2v) is 7.78. The average molecular weight is 394 g/mol. The van der Waals surface area contributed by atoms with E-state index in [0.29, 0.717) is 12.6 Å². The summed E-state index contributed by atoms with van der Waals surface area (Å²) in [6.45, 7) is 9.04. The quantitative estimate of drug-likeness (QED) is 0.530. The molecule has 2 aromatic rings. The zero-order chi connectivity index (χ0) is 20.3. The van der Waals surface area contributed by atoms with Crippen molar-refractivity contribution in [3.05, 3.63) is 65.5 Å². The second kappa shape index (κ2) is 11.6. The molecule has 0 bridgehead atoms. The third-order valence-corrected chi connectivity index (χ3v) is 5.58. The maximum absolute atomic E-state index is 4.84. The van der Waals surface area contributed by atoms with Crippen molar-refractivity contribution in [2.45, 2.75) is 58.7 Å². The standard InChI is InChI=1S/C24H35N5/c1-3-25-24(27-16-14-23-13-6-8-15-26-23)28-18-21-11-4-5-12-22(21)19-29-17-9-7-10-20(29)2/h4-6,8,11-13,15,20H,3,7,9-10,14,16-19H2,1-2H3,(H2,25,27,28). The first-order chi connectivity index (χ1) is 14.3. The van der Waals surface area contributed by atoms with Crippen LogP contribution < -0.4 is 10.6 Å². The summed E-state index contributed by atoms with van der Waals surface area (Å²) >= 11 is 0. The molecular weight excluding hydrogens is 358 g/mol. The van der Waals surface area contributed by atoms with Crippen LogP contribution in [0.1, 0.15) is 49.9 Å². The van der Waals surface area contributed by atoms with Gasteiger partial charge in [-0.25, -0.2) is 4.99 Å². The topological polar surface area (TPSA) is 52.6 Å². The first-order valence-electron chi connectivity index (χ1n) is 11.0. The molecule has 5 heteroatoms. The molecule has 1 atom stereocenters. The molecule has 0 aliphatic carbocycles. The number of nitrogens with zero attached hydrogens (tertiary/aromatic N) is 3. The molecule has 29 heavy (non-hydrogen) atoms. The van der Waals surface area contributed by atoms with Crippen LogP contribution in [0.15, 0.2) is 53.7 Å². The van der Waals surface area contributed by atoms with Crippen molar-refractivity contribution in [1.29, 1.82) is 0 Å². The van der Waals surface area contributed by atoms with E-state index in [2.05, 4.69) is 64.7 Å². The van der Waals surface area contributed by atoms with Crippen LogP contribution in [-0.4, -0.2) is 41.5 Å². The molecule has 1 aliphatic heterocycles. The number of benzene rings is 1. The van der Waals surface area contributed by atoms with E-state index in [0.717, 1.165) is 37.7 Å². The molecule has 1 aliphatic rings. The van der Waals surface area contributed by atoms with E-state index in [1.807, 2.05) is 18.3 Å².